The first-order valence-corrected chi connectivity index (χ1v) is 6.60. The molecule has 18 heavy (non-hydrogen) atoms. The molecule has 0 aliphatic heterocycles. The summed E-state index contributed by atoms with van der Waals surface area (Å²) in [6, 6.07) is 8.53. The lowest BCUT2D eigenvalue weighted by molar-refractivity contribution is 0.251. The molecular weight excluding hydrogens is 226 g/mol. The predicted octanol–water partition coefficient (Wildman–Crippen LogP) is 2.64. The Morgan fingerprint density at radius 3 is 2.89 bits per heavy atom. The van der Waals surface area contributed by atoms with Crippen molar-refractivity contribution in [2.24, 2.45) is 0 Å². The van der Waals surface area contributed by atoms with Gasteiger partial charge in [0.15, 0.2) is 0 Å². The van der Waals surface area contributed by atoms with Crippen LogP contribution in [0.5, 0.6) is 0 Å². The highest BCUT2D eigenvalue weighted by Crippen LogP contribution is 2.20. The van der Waals surface area contributed by atoms with Gasteiger partial charge in [0.1, 0.15) is 0 Å². The zero-order chi connectivity index (χ0) is 13.0. The van der Waals surface area contributed by atoms with Gasteiger partial charge >= 0.3 is 6.03 Å². The van der Waals surface area contributed by atoms with E-state index in [9.17, 15) is 4.79 Å². The summed E-state index contributed by atoms with van der Waals surface area (Å²) in [4.78, 5) is 11.6. The summed E-state index contributed by atoms with van der Waals surface area (Å²) in [7, 11) is 0. The first-order valence-electron chi connectivity index (χ1n) is 6.60. The first kappa shape index (κ1) is 12.9. The molecule has 2 amide bonds. The maximum Gasteiger partial charge on any atom is 0.319 e. The second-order valence-electron chi connectivity index (χ2n) is 4.78. The first-order chi connectivity index (χ1) is 8.69. The van der Waals surface area contributed by atoms with E-state index in [2.05, 4.69) is 35.9 Å². The Hall–Kier alpha value is -1.55. The fourth-order valence-corrected chi connectivity index (χ4v) is 1.89. The van der Waals surface area contributed by atoms with Gasteiger partial charge in [-0.05, 0) is 44.0 Å². The van der Waals surface area contributed by atoms with Crippen molar-refractivity contribution in [2.75, 3.05) is 11.9 Å². The largest absolute Gasteiger partial charge is 0.335 e. The Balaban J connectivity index is 1.95. The van der Waals surface area contributed by atoms with E-state index in [4.69, 9.17) is 0 Å². The van der Waals surface area contributed by atoms with E-state index in [1.807, 2.05) is 18.2 Å². The van der Waals surface area contributed by atoms with Crippen LogP contribution in [0.25, 0.3) is 0 Å². The average Bonchev–Trinajstić information content (AvgIpc) is 3.13. The third kappa shape index (κ3) is 3.74. The molecular formula is C14H21N3O. The summed E-state index contributed by atoms with van der Waals surface area (Å²) in [5.41, 5.74) is 2.02. The lowest BCUT2D eigenvalue weighted by Crippen LogP contribution is -2.30. The molecule has 4 heteroatoms. The summed E-state index contributed by atoms with van der Waals surface area (Å²) in [5, 5.41) is 9.14. The lowest BCUT2D eigenvalue weighted by atomic mass is 10.1. The van der Waals surface area contributed by atoms with E-state index in [1.54, 1.807) is 0 Å². The van der Waals surface area contributed by atoms with Gasteiger partial charge in [-0.3, -0.25) is 0 Å². The molecule has 4 nitrogen and oxygen atoms in total. The Morgan fingerprint density at radius 2 is 2.22 bits per heavy atom. The maximum absolute atomic E-state index is 11.6. The van der Waals surface area contributed by atoms with Crippen LogP contribution in [-0.4, -0.2) is 18.6 Å². The van der Waals surface area contributed by atoms with Gasteiger partial charge in [-0.15, -0.1) is 0 Å². The van der Waals surface area contributed by atoms with Crippen molar-refractivity contribution >= 4 is 11.7 Å². The zero-order valence-electron chi connectivity index (χ0n) is 11.0. The second kappa shape index (κ2) is 5.87. The maximum atomic E-state index is 11.6. The number of hydrogen-bond donors (Lipinski definition) is 3. The van der Waals surface area contributed by atoms with Crippen molar-refractivity contribution in [2.45, 2.75) is 38.8 Å². The minimum absolute atomic E-state index is 0.106. The van der Waals surface area contributed by atoms with Crippen molar-refractivity contribution in [3.8, 4) is 0 Å². The van der Waals surface area contributed by atoms with Crippen LogP contribution in [0.4, 0.5) is 10.5 Å². The number of amides is 2. The number of nitrogens with one attached hydrogen (secondary N) is 3. The molecule has 0 spiro atoms. The smallest absolute Gasteiger partial charge is 0.319 e. The molecule has 1 aliphatic carbocycles. The highest BCUT2D eigenvalue weighted by atomic mass is 16.2. The summed E-state index contributed by atoms with van der Waals surface area (Å²) in [6.45, 7) is 5.13. The van der Waals surface area contributed by atoms with Crippen molar-refractivity contribution in [3.63, 3.8) is 0 Å². The highest BCUT2D eigenvalue weighted by molar-refractivity contribution is 5.89. The number of carbonyl (C=O) groups is 1. The van der Waals surface area contributed by atoms with Crippen LogP contribution in [0.2, 0.25) is 0 Å². The fourth-order valence-electron chi connectivity index (χ4n) is 1.89. The number of rotatable bonds is 5. The summed E-state index contributed by atoms with van der Waals surface area (Å²) >= 11 is 0. The average molecular weight is 247 g/mol. The van der Waals surface area contributed by atoms with Crippen molar-refractivity contribution < 1.29 is 4.79 Å². The molecule has 3 N–H and O–H groups in total. The Kier molecular flexibility index (Phi) is 4.20. The molecule has 1 saturated carbocycles. The zero-order valence-corrected chi connectivity index (χ0v) is 11.0. The molecule has 0 saturated heterocycles. The van der Waals surface area contributed by atoms with Gasteiger partial charge in [-0.2, -0.15) is 0 Å². The molecule has 1 unspecified atom stereocenters. The van der Waals surface area contributed by atoms with Crippen molar-refractivity contribution in [1.82, 2.24) is 10.6 Å². The third-order valence-electron chi connectivity index (χ3n) is 3.07. The van der Waals surface area contributed by atoms with Crippen LogP contribution < -0.4 is 16.0 Å². The number of carbonyl (C=O) groups excluding carboxylic acids is 1. The van der Waals surface area contributed by atoms with Gasteiger partial charge < -0.3 is 16.0 Å². The van der Waals surface area contributed by atoms with Crippen LogP contribution in [-0.2, 0) is 0 Å². The SMILES string of the molecule is CCNC(C)c1cccc(NC(=O)NC2CC2)c1. The predicted molar refractivity (Wildman–Crippen MR) is 73.7 cm³/mol. The van der Waals surface area contributed by atoms with Crippen molar-refractivity contribution in [1.29, 1.82) is 0 Å². The number of anilines is 1. The van der Waals surface area contributed by atoms with Gasteiger partial charge in [0.2, 0.25) is 0 Å². The van der Waals surface area contributed by atoms with Gasteiger partial charge in [-0.25, -0.2) is 4.79 Å². The monoisotopic (exact) mass is 247 g/mol. The number of urea groups is 1. The minimum atomic E-state index is -0.106. The van der Waals surface area contributed by atoms with E-state index >= 15 is 0 Å². The van der Waals surface area contributed by atoms with Gasteiger partial charge in [0.25, 0.3) is 0 Å². The Morgan fingerprint density at radius 1 is 1.44 bits per heavy atom. The van der Waals surface area contributed by atoms with Gasteiger partial charge in [0, 0.05) is 17.8 Å². The van der Waals surface area contributed by atoms with Crippen LogP contribution in [0.15, 0.2) is 24.3 Å². The van der Waals surface area contributed by atoms with E-state index in [1.165, 1.54) is 5.56 Å². The summed E-state index contributed by atoms with van der Waals surface area (Å²) < 4.78 is 0. The molecule has 1 atom stereocenters. The third-order valence-corrected chi connectivity index (χ3v) is 3.07. The lowest BCUT2D eigenvalue weighted by Gasteiger charge is -2.14. The molecule has 0 bridgehead atoms. The molecule has 0 heterocycles. The van der Waals surface area contributed by atoms with E-state index in [0.717, 1.165) is 25.1 Å². The van der Waals surface area contributed by atoms with Crippen LogP contribution in [0.3, 0.4) is 0 Å². The Labute approximate surface area is 108 Å². The van der Waals surface area contributed by atoms with E-state index in [-0.39, 0.29) is 6.03 Å². The highest BCUT2D eigenvalue weighted by Gasteiger charge is 2.23. The molecule has 1 aromatic rings. The minimum Gasteiger partial charge on any atom is -0.335 e. The van der Waals surface area contributed by atoms with Crippen LogP contribution in [0, 0.1) is 0 Å². The summed E-state index contributed by atoms with van der Waals surface area (Å²) in [6.07, 6.45) is 2.20. The van der Waals surface area contributed by atoms with Gasteiger partial charge in [0.05, 0.1) is 0 Å². The fraction of sp³-hybridized carbons (Fsp3) is 0.500. The number of benzene rings is 1. The van der Waals surface area contributed by atoms with Crippen molar-refractivity contribution in [3.05, 3.63) is 29.8 Å². The molecule has 0 aromatic heterocycles. The summed E-state index contributed by atoms with van der Waals surface area (Å²) in [5.74, 6) is 0. The topological polar surface area (TPSA) is 53.2 Å². The van der Waals surface area contributed by atoms with Crippen LogP contribution >= 0.6 is 0 Å². The quantitative estimate of drug-likeness (QED) is 0.749. The van der Waals surface area contributed by atoms with E-state index in [0.29, 0.717) is 12.1 Å². The standard InChI is InChI=1S/C14H21N3O/c1-3-15-10(2)11-5-4-6-13(9-11)17-14(18)16-12-7-8-12/h4-6,9-10,12,15H,3,7-8H2,1-2H3,(H2,16,17,18). The molecule has 0 radical (unpaired) electrons. The molecule has 1 fully saturated rings. The van der Waals surface area contributed by atoms with Gasteiger partial charge in [-0.1, -0.05) is 19.1 Å². The Bertz CT molecular complexity index is 415. The number of hydrogen-bond acceptors (Lipinski definition) is 2. The molecule has 1 aliphatic rings. The molecule has 2 rings (SSSR count). The normalized spacial score (nSPS) is 16.1. The molecule has 1 aromatic carbocycles. The molecule has 98 valence electrons. The second-order valence-corrected chi connectivity index (χ2v) is 4.78. The van der Waals surface area contributed by atoms with E-state index < -0.39 is 0 Å². The van der Waals surface area contributed by atoms with Crippen LogP contribution in [0.1, 0.15) is 38.3 Å².